The van der Waals surface area contributed by atoms with Crippen LogP contribution in [0.5, 0.6) is 0 Å². The summed E-state index contributed by atoms with van der Waals surface area (Å²) < 4.78 is 18.6. The summed E-state index contributed by atoms with van der Waals surface area (Å²) in [5, 5.41) is 0. The first-order valence-corrected chi connectivity index (χ1v) is 9.75. The Morgan fingerprint density at radius 3 is 2.48 bits per heavy atom. The van der Waals surface area contributed by atoms with Crippen molar-refractivity contribution in [1.82, 2.24) is 4.90 Å². The van der Waals surface area contributed by atoms with E-state index in [-0.39, 0.29) is 30.6 Å². The summed E-state index contributed by atoms with van der Waals surface area (Å²) in [6.07, 6.45) is 0.165. The average molecular weight is 395 g/mol. The molecule has 0 bridgehead atoms. The summed E-state index contributed by atoms with van der Waals surface area (Å²) in [6.45, 7) is 6.20. The molecule has 1 atom stereocenters. The van der Waals surface area contributed by atoms with Gasteiger partial charge in [-0.05, 0) is 41.7 Å². The average Bonchev–Trinajstić information content (AvgIpc) is 2.70. The van der Waals surface area contributed by atoms with Crippen LogP contribution in [0.1, 0.15) is 55.7 Å². The topological polar surface area (TPSA) is 46.6 Å². The maximum absolute atomic E-state index is 13.6. The Kier molecular flexibility index (Phi) is 6.16. The second kappa shape index (κ2) is 8.60. The summed E-state index contributed by atoms with van der Waals surface area (Å²) in [6, 6.07) is 14.2. The van der Waals surface area contributed by atoms with Crippen LogP contribution in [0.15, 0.2) is 59.8 Å². The van der Waals surface area contributed by atoms with E-state index in [4.69, 9.17) is 4.74 Å². The summed E-state index contributed by atoms with van der Waals surface area (Å²) in [5.74, 6) is -0.865. The lowest BCUT2D eigenvalue weighted by Gasteiger charge is -2.34. The summed E-state index contributed by atoms with van der Waals surface area (Å²) >= 11 is 0. The van der Waals surface area contributed by atoms with Crippen LogP contribution in [0.3, 0.4) is 0 Å². The van der Waals surface area contributed by atoms with Gasteiger partial charge in [-0.2, -0.15) is 0 Å². The van der Waals surface area contributed by atoms with Crippen molar-refractivity contribution in [2.75, 3.05) is 7.11 Å². The predicted molar refractivity (Wildman–Crippen MR) is 110 cm³/mol. The third-order valence-corrected chi connectivity index (χ3v) is 5.46. The molecule has 152 valence electrons. The molecule has 3 rings (SSSR count). The van der Waals surface area contributed by atoms with Gasteiger partial charge in [-0.25, -0.2) is 9.18 Å². The smallest absolute Gasteiger partial charge is 0.336 e. The number of esters is 1. The molecule has 0 saturated carbocycles. The number of benzene rings is 2. The van der Waals surface area contributed by atoms with Crippen molar-refractivity contribution < 1.29 is 18.7 Å². The summed E-state index contributed by atoms with van der Waals surface area (Å²) in [5.41, 5.74) is 3.80. The zero-order chi connectivity index (χ0) is 21.1. The predicted octanol–water partition coefficient (Wildman–Crippen LogP) is 4.91. The molecule has 0 fully saturated rings. The van der Waals surface area contributed by atoms with Gasteiger partial charge in [0, 0.05) is 18.0 Å². The van der Waals surface area contributed by atoms with Gasteiger partial charge in [0.2, 0.25) is 5.91 Å². The Labute approximate surface area is 171 Å². The van der Waals surface area contributed by atoms with Crippen molar-refractivity contribution in [1.29, 1.82) is 0 Å². The first-order valence-electron chi connectivity index (χ1n) is 9.75. The fourth-order valence-corrected chi connectivity index (χ4v) is 3.79. The van der Waals surface area contributed by atoms with Crippen molar-refractivity contribution in [3.63, 3.8) is 0 Å². The third-order valence-electron chi connectivity index (χ3n) is 5.46. The monoisotopic (exact) mass is 395 g/mol. The van der Waals surface area contributed by atoms with E-state index in [9.17, 15) is 14.0 Å². The molecule has 0 saturated heterocycles. The molecule has 0 spiro atoms. The van der Waals surface area contributed by atoms with Crippen LogP contribution in [0, 0.1) is 5.82 Å². The largest absolute Gasteiger partial charge is 0.466 e. The number of methoxy groups -OCH3 is 1. The first kappa shape index (κ1) is 20.8. The number of carbonyl (C=O) groups excluding carboxylic acids is 2. The van der Waals surface area contributed by atoms with Gasteiger partial charge in [0.25, 0.3) is 0 Å². The van der Waals surface area contributed by atoms with Crippen LogP contribution in [0.2, 0.25) is 0 Å². The van der Waals surface area contributed by atoms with Gasteiger partial charge < -0.3 is 9.64 Å². The van der Waals surface area contributed by atoms with Crippen molar-refractivity contribution in [3.8, 4) is 0 Å². The lowest BCUT2D eigenvalue weighted by Crippen LogP contribution is -2.38. The molecule has 1 aliphatic rings. The second-order valence-electron chi connectivity index (χ2n) is 7.68. The van der Waals surface area contributed by atoms with E-state index in [1.807, 2.05) is 24.3 Å². The van der Waals surface area contributed by atoms with Crippen LogP contribution in [0.4, 0.5) is 4.39 Å². The number of halogens is 1. The van der Waals surface area contributed by atoms with E-state index in [2.05, 4.69) is 13.8 Å². The molecule has 1 heterocycles. The van der Waals surface area contributed by atoms with Crippen LogP contribution in [0.25, 0.3) is 0 Å². The molecule has 2 aromatic rings. The van der Waals surface area contributed by atoms with Gasteiger partial charge in [-0.15, -0.1) is 0 Å². The molecule has 0 radical (unpaired) electrons. The van der Waals surface area contributed by atoms with Gasteiger partial charge in [-0.1, -0.05) is 50.2 Å². The van der Waals surface area contributed by atoms with E-state index >= 15 is 0 Å². The highest BCUT2D eigenvalue weighted by Crippen LogP contribution is 2.38. The van der Waals surface area contributed by atoms with Crippen molar-refractivity contribution in [2.45, 2.75) is 45.6 Å². The van der Waals surface area contributed by atoms with E-state index < -0.39 is 5.97 Å². The van der Waals surface area contributed by atoms with Crippen LogP contribution < -0.4 is 0 Å². The number of rotatable bonds is 5. The van der Waals surface area contributed by atoms with Gasteiger partial charge in [-0.3, -0.25) is 4.79 Å². The molecular weight excluding hydrogens is 369 g/mol. The van der Waals surface area contributed by atoms with Crippen LogP contribution in [-0.4, -0.2) is 23.9 Å². The fourth-order valence-electron chi connectivity index (χ4n) is 3.79. The normalized spacial score (nSPS) is 17.1. The SMILES string of the molecule is COC(=O)C1=C(C)N(Cc2cccc(F)c2)C(=O)C[C@H]1c1ccc(C(C)C)cc1. The molecule has 0 aliphatic carbocycles. The van der Waals surface area contributed by atoms with Gasteiger partial charge in [0.05, 0.1) is 19.2 Å². The molecule has 0 unspecified atom stereocenters. The lowest BCUT2D eigenvalue weighted by atomic mass is 9.83. The number of carbonyl (C=O) groups is 2. The molecule has 0 N–H and O–H groups in total. The van der Waals surface area contributed by atoms with E-state index in [1.54, 1.807) is 24.0 Å². The summed E-state index contributed by atoms with van der Waals surface area (Å²) in [4.78, 5) is 27.1. The van der Waals surface area contributed by atoms with Crippen molar-refractivity contribution >= 4 is 11.9 Å². The molecule has 2 aromatic carbocycles. The molecule has 1 aliphatic heterocycles. The summed E-state index contributed by atoms with van der Waals surface area (Å²) in [7, 11) is 1.34. The maximum Gasteiger partial charge on any atom is 0.336 e. The Bertz CT molecular complexity index is 947. The Morgan fingerprint density at radius 2 is 1.90 bits per heavy atom. The number of amides is 1. The zero-order valence-electron chi connectivity index (χ0n) is 17.2. The highest BCUT2D eigenvalue weighted by Gasteiger charge is 2.36. The van der Waals surface area contributed by atoms with Crippen molar-refractivity contribution in [2.24, 2.45) is 0 Å². The molecule has 4 nitrogen and oxygen atoms in total. The molecule has 5 heteroatoms. The highest BCUT2D eigenvalue weighted by atomic mass is 19.1. The molecule has 29 heavy (non-hydrogen) atoms. The Morgan fingerprint density at radius 1 is 1.21 bits per heavy atom. The second-order valence-corrected chi connectivity index (χ2v) is 7.68. The highest BCUT2D eigenvalue weighted by molar-refractivity contribution is 5.95. The molecular formula is C24H26FNO3. The van der Waals surface area contributed by atoms with E-state index in [0.717, 1.165) is 5.56 Å². The maximum atomic E-state index is 13.6. The minimum absolute atomic E-state index is 0.0997. The minimum atomic E-state index is -0.447. The van der Waals surface area contributed by atoms with Crippen LogP contribution in [-0.2, 0) is 20.9 Å². The number of hydrogen-bond donors (Lipinski definition) is 0. The first-order chi connectivity index (χ1) is 13.8. The third kappa shape index (κ3) is 4.39. The zero-order valence-corrected chi connectivity index (χ0v) is 17.2. The number of ether oxygens (including phenoxy) is 1. The lowest BCUT2D eigenvalue weighted by molar-refractivity contribution is -0.138. The minimum Gasteiger partial charge on any atom is -0.466 e. The van der Waals surface area contributed by atoms with Gasteiger partial charge in [0.15, 0.2) is 0 Å². The van der Waals surface area contributed by atoms with Crippen molar-refractivity contribution in [3.05, 3.63) is 82.3 Å². The Hall–Kier alpha value is -2.95. The number of hydrogen-bond acceptors (Lipinski definition) is 3. The van der Waals surface area contributed by atoms with Gasteiger partial charge in [0.1, 0.15) is 5.82 Å². The molecule has 0 aromatic heterocycles. The van der Waals surface area contributed by atoms with Gasteiger partial charge >= 0.3 is 5.97 Å². The van der Waals surface area contributed by atoms with Crippen LogP contribution >= 0.6 is 0 Å². The quantitative estimate of drug-likeness (QED) is 0.676. The molecule has 1 amide bonds. The van der Waals surface area contributed by atoms with E-state index in [1.165, 1.54) is 24.8 Å². The van der Waals surface area contributed by atoms with E-state index in [0.29, 0.717) is 22.8 Å². The standard InChI is InChI=1S/C24H26FNO3/c1-15(2)18-8-10-19(11-9-18)21-13-22(27)26(16(3)23(21)24(28)29-4)14-17-6-5-7-20(25)12-17/h5-12,15,21H,13-14H2,1-4H3/t21-/m0/s1. The fraction of sp³-hybridized carbons (Fsp3) is 0.333. The number of nitrogens with zero attached hydrogens (tertiary/aromatic N) is 1. The Balaban J connectivity index is 2.00. The number of allylic oxidation sites excluding steroid dienone is 1.